The normalized spacial score (nSPS) is 12.1. The van der Waals surface area contributed by atoms with Crippen LogP contribution in [0.5, 0.6) is 0 Å². The number of unbranched alkanes of at least 4 members (excludes halogenated alkanes) is 5. The average Bonchev–Trinajstić information content (AvgIpc) is 2.43. The molecule has 0 N–H and O–H groups in total. The van der Waals surface area contributed by atoms with Crippen LogP contribution in [0.25, 0.3) is 0 Å². The van der Waals surface area contributed by atoms with Gasteiger partial charge in [0.2, 0.25) is 0 Å². The minimum absolute atomic E-state index is 0.295. The molecule has 0 aliphatic rings. The number of allylic oxidation sites excluding steroid dienone is 6. The quantitative estimate of drug-likeness (QED) is 0.152. The molecule has 0 radical (unpaired) electrons. The van der Waals surface area contributed by atoms with E-state index >= 15 is 0 Å². The lowest BCUT2D eigenvalue weighted by Gasteiger charge is -1.98. The first-order valence-electron chi connectivity index (χ1n) is 7.90. The van der Waals surface area contributed by atoms with E-state index < -0.39 is 0 Å². The lowest BCUT2D eigenvalue weighted by Crippen LogP contribution is -1.85. The molecule has 0 unspecified atom stereocenters. The van der Waals surface area contributed by atoms with Crippen molar-refractivity contribution in [3.63, 3.8) is 0 Å². The Hall–Kier alpha value is -0.380. The molecule has 0 rings (SSSR count). The van der Waals surface area contributed by atoms with Crippen LogP contribution < -0.4 is 0 Å². The molecule has 0 aromatic rings. The minimum Gasteiger partial charge on any atom is -0.288 e. The van der Waals surface area contributed by atoms with Gasteiger partial charge in [-0.3, -0.25) is 4.79 Å². The maximum atomic E-state index is 10.7. The Kier molecular flexibility index (Phi) is 16.4. The summed E-state index contributed by atoms with van der Waals surface area (Å²) in [6, 6.07) is 0. The van der Waals surface area contributed by atoms with Gasteiger partial charge in [0, 0.05) is 6.42 Å². The molecule has 0 aliphatic heterocycles. The van der Waals surface area contributed by atoms with Gasteiger partial charge in [-0.15, -0.1) is 0 Å². The van der Waals surface area contributed by atoms with Crippen LogP contribution >= 0.6 is 22.6 Å². The molecule has 0 saturated carbocycles. The molecule has 0 saturated heterocycles. The second-order valence-electron chi connectivity index (χ2n) is 4.96. The molecule has 0 heterocycles. The Balaban J connectivity index is 3.23. The molecular weight excluding hydrogens is 359 g/mol. The van der Waals surface area contributed by atoms with Gasteiger partial charge in [-0.05, 0) is 61.1 Å². The third-order valence-electron chi connectivity index (χ3n) is 3.02. The van der Waals surface area contributed by atoms with Crippen molar-refractivity contribution >= 4 is 26.4 Å². The number of hydrogen-bond acceptors (Lipinski definition) is 1. The molecular formula is C18H29IO. The number of halogens is 1. The molecule has 0 amide bonds. The summed E-state index contributed by atoms with van der Waals surface area (Å²) in [5, 5.41) is 0. The van der Waals surface area contributed by atoms with Crippen molar-refractivity contribution in [2.45, 2.75) is 71.1 Å². The number of carbonyl (C=O) groups is 1. The monoisotopic (exact) mass is 388 g/mol. The van der Waals surface area contributed by atoms with E-state index in [1.54, 1.807) is 0 Å². The van der Waals surface area contributed by atoms with Crippen LogP contribution in [0, 0.1) is 0 Å². The SMILES string of the molecule is CC/C=C\C/C=C\C/C=C\CCCCCCCC(=O)I. The van der Waals surface area contributed by atoms with Crippen LogP contribution in [0.4, 0.5) is 0 Å². The summed E-state index contributed by atoms with van der Waals surface area (Å²) in [5.41, 5.74) is 0. The molecule has 0 atom stereocenters. The maximum absolute atomic E-state index is 10.7. The average molecular weight is 388 g/mol. The van der Waals surface area contributed by atoms with E-state index in [1.165, 1.54) is 32.1 Å². The minimum atomic E-state index is 0.295. The van der Waals surface area contributed by atoms with E-state index in [1.807, 2.05) is 22.6 Å². The van der Waals surface area contributed by atoms with Crippen LogP contribution in [0.1, 0.15) is 71.1 Å². The third-order valence-corrected chi connectivity index (χ3v) is 3.56. The molecule has 2 heteroatoms. The highest BCUT2D eigenvalue weighted by Gasteiger charge is 1.94. The zero-order chi connectivity index (χ0) is 14.9. The molecule has 0 fully saturated rings. The maximum Gasteiger partial charge on any atom is 0.192 e. The Morgan fingerprint density at radius 1 is 0.800 bits per heavy atom. The van der Waals surface area contributed by atoms with Gasteiger partial charge < -0.3 is 0 Å². The van der Waals surface area contributed by atoms with Crippen molar-refractivity contribution in [2.24, 2.45) is 0 Å². The van der Waals surface area contributed by atoms with Crippen LogP contribution in [0.15, 0.2) is 36.5 Å². The lowest BCUT2D eigenvalue weighted by molar-refractivity contribution is -0.109. The highest BCUT2D eigenvalue weighted by atomic mass is 127. The molecule has 0 spiro atoms. The second-order valence-corrected chi connectivity index (χ2v) is 6.16. The van der Waals surface area contributed by atoms with E-state index in [-0.39, 0.29) is 0 Å². The fraction of sp³-hybridized carbons (Fsp3) is 0.611. The van der Waals surface area contributed by atoms with E-state index in [4.69, 9.17) is 0 Å². The van der Waals surface area contributed by atoms with E-state index in [0.717, 1.165) is 32.1 Å². The Labute approximate surface area is 138 Å². The van der Waals surface area contributed by atoms with Crippen LogP contribution in [0.3, 0.4) is 0 Å². The van der Waals surface area contributed by atoms with Crippen molar-refractivity contribution in [1.29, 1.82) is 0 Å². The zero-order valence-electron chi connectivity index (χ0n) is 12.8. The highest BCUT2D eigenvalue weighted by molar-refractivity contribution is 14.1. The van der Waals surface area contributed by atoms with Crippen LogP contribution in [0.2, 0.25) is 0 Å². The van der Waals surface area contributed by atoms with Crippen LogP contribution in [-0.4, -0.2) is 3.79 Å². The van der Waals surface area contributed by atoms with Gasteiger partial charge in [-0.2, -0.15) is 0 Å². The fourth-order valence-corrected chi connectivity index (χ4v) is 2.26. The van der Waals surface area contributed by atoms with Crippen LogP contribution in [-0.2, 0) is 4.79 Å². The molecule has 0 aromatic carbocycles. The summed E-state index contributed by atoms with van der Waals surface area (Å²) in [6.45, 7) is 2.16. The Morgan fingerprint density at radius 3 is 2.00 bits per heavy atom. The van der Waals surface area contributed by atoms with Crippen molar-refractivity contribution in [1.82, 2.24) is 0 Å². The Morgan fingerprint density at radius 2 is 1.35 bits per heavy atom. The van der Waals surface area contributed by atoms with Crippen molar-refractivity contribution < 1.29 is 4.79 Å². The van der Waals surface area contributed by atoms with E-state index in [9.17, 15) is 4.79 Å². The summed E-state index contributed by atoms with van der Waals surface area (Å²) < 4.78 is 0.295. The summed E-state index contributed by atoms with van der Waals surface area (Å²) in [7, 11) is 0. The van der Waals surface area contributed by atoms with E-state index in [0.29, 0.717) is 3.79 Å². The molecule has 1 nitrogen and oxygen atoms in total. The second kappa shape index (κ2) is 16.7. The van der Waals surface area contributed by atoms with Gasteiger partial charge in [0.25, 0.3) is 0 Å². The number of rotatable bonds is 13. The van der Waals surface area contributed by atoms with Gasteiger partial charge in [0.05, 0.1) is 0 Å². The summed E-state index contributed by atoms with van der Waals surface area (Å²) in [6.07, 6.45) is 24.7. The first kappa shape index (κ1) is 19.6. The van der Waals surface area contributed by atoms with Gasteiger partial charge >= 0.3 is 0 Å². The van der Waals surface area contributed by atoms with Crippen molar-refractivity contribution in [2.75, 3.05) is 0 Å². The van der Waals surface area contributed by atoms with Gasteiger partial charge in [-0.1, -0.05) is 62.6 Å². The largest absolute Gasteiger partial charge is 0.288 e. The summed E-state index contributed by atoms with van der Waals surface area (Å²) in [4.78, 5) is 10.7. The Bertz CT molecular complexity index is 303. The van der Waals surface area contributed by atoms with Crippen molar-refractivity contribution in [3.8, 4) is 0 Å². The third kappa shape index (κ3) is 17.6. The predicted octanol–water partition coefficient (Wildman–Crippen LogP) is 6.54. The van der Waals surface area contributed by atoms with Gasteiger partial charge in [0.15, 0.2) is 3.79 Å². The van der Waals surface area contributed by atoms with Crippen molar-refractivity contribution in [3.05, 3.63) is 36.5 Å². The number of hydrogen-bond donors (Lipinski definition) is 0. The first-order chi connectivity index (χ1) is 9.77. The molecule has 20 heavy (non-hydrogen) atoms. The standard InChI is InChI=1S/C18H29IO/c1-2-3-4-5-6-7-8-9-10-11-12-13-14-15-16-17-18(19)20/h3-4,6-7,9-10H,2,5,8,11-17H2,1H3/b4-3-,7-6-,10-9-. The zero-order valence-corrected chi connectivity index (χ0v) is 15.0. The van der Waals surface area contributed by atoms with E-state index in [2.05, 4.69) is 43.4 Å². The smallest absolute Gasteiger partial charge is 0.192 e. The summed E-state index contributed by atoms with van der Waals surface area (Å²) >= 11 is 1.88. The molecule has 0 aliphatic carbocycles. The summed E-state index contributed by atoms with van der Waals surface area (Å²) in [5.74, 6) is 0. The first-order valence-corrected chi connectivity index (χ1v) is 8.98. The fourth-order valence-electron chi connectivity index (χ4n) is 1.88. The molecule has 114 valence electrons. The van der Waals surface area contributed by atoms with Gasteiger partial charge in [0.1, 0.15) is 0 Å². The molecule has 0 aromatic heterocycles. The van der Waals surface area contributed by atoms with Gasteiger partial charge in [-0.25, -0.2) is 0 Å². The highest BCUT2D eigenvalue weighted by Crippen LogP contribution is 2.09. The number of carbonyl (C=O) groups excluding carboxylic acids is 1. The topological polar surface area (TPSA) is 17.1 Å². The lowest BCUT2D eigenvalue weighted by atomic mass is 10.1. The molecule has 0 bridgehead atoms. The predicted molar refractivity (Wildman–Crippen MR) is 98.3 cm³/mol.